The van der Waals surface area contributed by atoms with E-state index in [0.717, 1.165) is 11.9 Å². The highest BCUT2D eigenvalue weighted by molar-refractivity contribution is 7.92. The standard InChI is InChI=1S/C21H29N3O6S2/c1-6-24(16(3)23-31(5,26)27)18-12-13-20(15(2)14-18)22-21(25)30-17(4)32(28,29)19-10-8-7-9-11-19/h7-14,16-17,23H,6H2,1-5H3,(H,22,25). The van der Waals surface area contributed by atoms with E-state index in [-0.39, 0.29) is 4.90 Å². The van der Waals surface area contributed by atoms with Crippen molar-refractivity contribution in [1.29, 1.82) is 0 Å². The minimum Gasteiger partial charge on any atom is -0.429 e. The second-order valence-corrected chi connectivity index (χ2v) is 11.3. The van der Waals surface area contributed by atoms with Crippen LogP contribution in [0.15, 0.2) is 53.4 Å². The Morgan fingerprint density at radius 3 is 2.22 bits per heavy atom. The van der Waals surface area contributed by atoms with Gasteiger partial charge in [-0.25, -0.2) is 21.6 Å². The zero-order valence-electron chi connectivity index (χ0n) is 18.7. The Bertz CT molecular complexity index is 1150. The molecule has 11 heteroatoms. The van der Waals surface area contributed by atoms with Gasteiger partial charge in [-0.1, -0.05) is 18.2 Å². The highest BCUT2D eigenvalue weighted by atomic mass is 32.2. The molecule has 0 aromatic heterocycles. The monoisotopic (exact) mass is 483 g/mol. The van der Waals surface area contributed by atoms with Gasteiger partial charge < -0.3 is 9.64 Å². The van der Waals surface area contributed by atoms with Crippen LogP contribution < -0.4 is 14.9 Å². The molecule has 32 heavy (non-hydrogen) atoms. The Morgan fingerprint density at radius 2 is 1.69 bits per heavy atom. The zero-order valence-corrected chi connectivity index (χ0v) is 20.3. The molecular formula is C21H29N3O6S2. The van der Waals surface area contributed by atoms with Gasteiger partial charge in [0.25, 0.3) is 0 Å². The summed E-state index contributed by atoms with van der Waals surface area (Å²) < 4.78 is 55.8. The van der Waals surface area contributed by atoms with Gasteiger partial charge in [0.05, 0.1) is 17.3 Å². The average Bonchev–Trinajstić information content (AvgIpc) is 2.69. The number of aryl methyl sites for hydroxylation is 1. The van der Waals surface area contributed by atoms with Gasteiger partial charge in [-0.15, -0.1) is 0 Å². The van der Waals surface area contributed by atoms with Crippen molar-refractivity contribution >= 4 is 37.3 Å². The predicted octanol–water partition coefficient (Wildman–Crippen LogP) is 3.08. The van der Waals surface area contributed by atoms with E-state index >= 15 is 0 Å². The van der Waals surface area contributed by atoms with Gasteiger partial charge in [0.2, 0.25) is 25.3 Å². The van der Waals surface area contributed by atoms with E-state index in [2.05, 4.69) is 10.0 Å². The number of rotatable bonds is 9. The van der Waals surface area contributed by atoms with E-state index < -0.39 is 37.6 Å². The second-order valence-electron chi connectivity index (χ2n) is 7.31. The smallest absolute Gasteiger partial charge is 0.412 e. The van der Waals surface area contributed by atoms with Gasteiger partial charge in [0.1, 0.15) is 0 Å². The van der Waals surface area contributed by atoms with Crippen molar-refractivity contribution in [3.05, 3.63) is 54.1 Å². The average molecular weight is 484 g/mol. The van der Waals surface area contributed by atoms with Crippen LogP contribution in [0.5, 0.6) is 0 Å². The molecule has 2 aromatic rings. The first-order valence-electron chi connectivity index (χ1n) is 9.96. The van der Waals surface area contributed by atoms with E-state index in [0.29, 0.717) is 17.8 Å². The molecule has 0 bridgehead atoms. The van der Waals surface area contributed by atoms with Crippen LogP contribution in [0.1, 0.15) is 26.3 Å². The fourth-order valence-electron chi connectivity index (χ4n) is 3.18. The molecule has 2 atom stereocenters. The molecule has 0 radical (unpaired) electrons. The second kappa shape index (κ2) is 10.3. The third-order valence-corrected chi connectivity index (χ3v) is 7.42. The number of sulfonamides is 1. The summed E-state index contributed by atoms with van der Waals surface area (Å²) in [6, 6.07) is 12.9. The maximum absolute atomic E-state index is 12.5. The fraction of sp³-hybridized carbons (Fsp3) is 0.381. The molecule has 2 N–H and O–H groups in total. The van der Waals surface area contributed by atoms with Crippen molar-refractivity contribution in [3.63, 3.8) is 0 Å². The number of nitrogens with one attached hydrogen (secondary N) is 2. The van der Waals surface area contributed by atoms with Crippen molar-refractivity contribution in [3.8, 4) is 0 Å². The summed E-state index contributed by atoms with van der Waals surface area (Å²) in [6.07, 6.45) is -0.269. The molecule has 0 saturated heterocycles. The zero-order chi connectivity index (χ0) is 24.1. The number of hydrogen-bond donors (Lipinski definition) is 2. The van der Waals surface area contributed by atoms with Crippen molar-refractivity contribution in [1.82, 2.24) is 4.72 Å². The maximum Gasteiger partial charge on any atom is 0.412 e. The summed E-state index contributed by atoms with van der Waals surface area (Å²) in [6.45, 7) is 7.25. The van der Waals surface area contributed by atoms with Crippen LogP contribution in [0, 0.1) is 6.92 Å². The molecule has 1 amide bonds. The first-order chi connectivity index (χ1) is 14.8. The van der Waals surface area contributed by atoms with Gasteiger partial charge in [-0.3, -0.25) is 5.32 Å². The van der Waals surface area contributed by atoms with Crippen LogP contribution in [-0.4, -0.2) is 47.3 Å². The minimum atomic E-state index is -3.83. The molecule has 2 aromatic carbocycles. The lowest BCUT2D eigenvalue weighted by atomic mass is 10.1. The Balaban J connectivity index is 2.11. The van der Waals surface area contributed by atoms with Crippen molar-refractivity contribution in [2.45, 2.75) is 44.2 Å². The van der Waals surface area contributed by atoms with Crippen molar-refractivity contribution < 1.29 is 26.4 Å². The Hall–Kier alpha value is -2.63. The number of sulfone groups is 1. The van der Waals surface area contributed by atoms with Crippen LogP contribution in [0.25, 0.3) is 0 Å². The molecule has 0 saturated carbocycles. The number of carbonyl (C=O) groups excluding carboxylic acids is 1. The Morgan fingerprint density at radius 1 is 1.06 bits per heavy atom. The molecular weight excluding hydrogens is 454 g/mol. The first kappa shape index (κ1) is 25.6. The van der Waals surface area contributed by atoms with E-state index in [4.69, 9.17) is 4.74 Å². The molecule has 0 fully saturated rings. The van der Waals surface area contributed by atoms with E-state index in [1.165, 1.54) is 19.1 Å². The number of hydrogen-bond acceptors (Lipinski definition) is 7. The molecule has 9 nitrogen and oxygen atoms in total. The third-order valence-electron chi connectivity index (χ3n) is 4.75. The van der Waals surface area contributed by atoms with Crippen molar-refractivity contribution in [2.75, 3.05) is 23.0 Å². The lowest BCUT2D eigenvalue weighted by Gasteiger charge is -2.30. The van der Waals surface area contributed by atoms with Crippen LogP contribution >= 0.6 is 0 Å². The van der Waals surface area contributed by atoms with Crippen LogP contribution in [-0.2, 0) is 24.6 Å². The largest absolute Gasteiger partial charge is 0.429 e. The number of amides is 1. The fourth-order valence-corrected chi connectivity index (χ4v) is 5.06. The summed E-state index contributed by atoms with van der Waals surface area (Å²) in [5, 5.41) is 2.56. The molecule has 2 unspecified atom stereocenters. The van der Waals surface area contributed by atoms with E-state index in [9.17, 15) is 21.6 Å². The number of benzene rings is 2. The minimum absolute atomic E-state index is 0.0670. The van der Waals surface area contributed by atoms with Crippen LogP contribution in [0.2, 0.25) is 0 Å². The third kappa shape index (κ3) is 6.68. The quantitative estimate of drug-likeness (QED) is 0.526. The SMILES string of the molecule is CCN(c1ccc(NC(=O)OC(C)S(=O)(=O)c2ccccc2)c(C)c1)C(C)NS(C)(=O)=O. The van der Waals surface area contributed by atoms with Gasteiger partial charge in [-0.05, 0) is 63.6 Å². The Kier molecular flexibility index (Phi) is 8.27. The number of nitrogens with zero attached hydrogens (tertiary/aromatic N) is 1. The Labute approximate surface area is 189 Å². The summed E-state index contributed by atoms with van der Waals surface area (Å²) in [7, 11) is -7.21. The number of ether oxygens (including phenoxy) is 1. The molecule has 2 rings (SSSR count). The number of carbonyl (C=O) groups is 1. The van der Waals surface area contributed by atoms with Gasteiger partial charge in [-0.2, -0.15) is 4.72 Å². The van der Waals surface area contributed by atoms with Gasteiger partial charge in [0.15, 0.2) is 0 Å². The molecule has 176 valence electrons. The van der Waals surface area contributed by atoms with Gasteiger partial charge >= 0.3 is 6.09 Å². The van der Waals surface area contributed by atoms with Crippen LogP contribution in [0.3, 0.4) is 0 Å². The molecule has 0 aliphatic carbocycles. The lowest BCUT2D eigenvalue weighted by Crippen LogP contribution is -2.46. The highest BCUT2D eigenvalue weighted by Gasteiger charge is 2.27. The molecule has 0 aliphatic heterocycles. The normalized spacial score (nSPS) is 13.8. The van der Waals surface area contributed by atoms with Crippen molar-refractivity contribution in [2.24, 2.45) is 0 Å². The van der Waals surface area contributed by atoms with E-state index in [1.807, 2.05) is 11.8 Å². The summed E-state index contributed by atoms with van der Waals surface area (Å²) in [4.78, 5) is 14.2. The van der Waals surface area contributed by atoms with Gasteiger partial charge in [0, 0.05) is 17.9 Å². The predicted molar refractivity (Wildman–Crippen MR) is 125 cm³/mol. The molecule has 0 heterocycles. The molecule has 0 aliphatic rings. The highest BCUT2D eigenvalue weighted by Crippen LogP contribution is 2.25. The lowest BCUT2D eigenvalue weighted by molar-refractivity contribution is 0.152. The molecule has 0 spiro atoms. The number of anilines is 2. The first-order valence-corrected chi connectivity index (χ1v) is 13.4. The summed E-state index contributed by atoms with van der Waals surface area (Å²) >= 11 is 0. The summed E-state index contributed by atoms with van der Waals surface area (Å²) in [5.74, 6) is 0. The topological polar surface area (TPSA) is 122 Å². The maximum atomic E-state index is 12.5. The summed E-state index contributed by atoms with van der Waals surface area (Å²) in [5.41, 5.74) is 0.529. The van der Waals surface area contributed by atoms with Crippen LogP contribution in [0.4, 0.5) is 16.2 Å². The van der Waals surface area contributed by atoms with E-state index in [1.54, 1.807) is 50.2 Å².